The number of hydrogen-bond donors (Lipinski definition) is 2. The maximum Gasteiger partial charge on any atom is 0.245 e. The molecule has 28 heavy (non-hydrogen) atoms. The van der Waals surface area contributed by atoms with E-state index in [-0.39, 0.29) is 5.75 Å². The minimum absolute atomic E-state index is 0.0818. The normalized spacial score (nSPS) is 17.3. The van der Waals surface area contributed by atoms with Crippen LogP contribution in [0.4, 0.5) is 5.95 Å². The zero-order valence-electron chi connectivity index (χ0n) is 16.2. The van der Waals surface area contributed by atoms with Crippen molar-refractivity contribution in [2.75, 3.05) is 24.5 Å². The molecular weight excluding hydrogens is 356 g/mol. The van der Waals surface area contributed by atoms with Gasteiger partial charge in [0.15, 0.2) is 0 Å². The minimum atomic E-state index is 0.0818. The molecule has 0 radical (unpaired) electrons. The number of aromatic nitrogens is 6. The Morgan fingerprint density at radius 2 is 2.07 bits per heavy atom. The van der Waals surface area contributed by atoms with Crippen molar-refractivity contribution in [2.24, 2.45) is 5.92 Å². The fourth-order valence-corrected chi connectivity index (χ4v) is 3.27. The first-order chi connectivity index (χ1) is 13.5. The van der Waals surface area contributed by atoms with Crippen molar-refractivity contribution in [3.63, 3.8) is 0 Å². The Morgan fingerprint density at radius 3 is 2.71 bits per heavy atom. The lowest BCUT2D eigenvalue weighted by Gasteiger charge is -2.35. The van der Waals surface area contributed by atoms with Gasteiger partial charge in [-0.05, 0) is 25.0 Å². The van der Waals surface area contributed by atoms with Crippen molar-refractivity contribution in [2.45, 2.75) is 26.8 Å². The fourth-order valence-electron chi connectivity index (χ4n) is 3.27. The second-order valence-corrected chi connectivity index (χ2v) is 7.37. The molecule has 1 atom stereocenters. The Kier molecular flexibility index (Phi) is 4.91. The molecule has 1 fully saturated rings. The smallest absolute Gasteiger partial charge is 0.245 e. The van der Waals surface area contributed by atoms with Gasteiger partial charge < -0.3 is 15.3 Å². The van der Waals surface area contributed by atoms with Gasteiger partial charge in [0.25, 0.3) is 0 Å². The van der Waals surface area contributed by atoms with Crippen LogP contribution in [0.3, 0.4) is 0 Å². The van der Waals surface area contributed by atoms with Crippen LogP contribution in [0, 0.1) is 12.8 Å². The van der Waals surface area contributed by atoms with E-state index in [1.807, 2.05) is 13.0 Å². The average Bonchev–Trinajstić information content (AvgIpc) is 3.14. The predicted molar refractivity (Wildman–Crippen MR) is 105 cm³/mol. The summed E-state index contributed by atoms with van der Waals surface area (Å²) in [5.74, 6) is 1.24. The number of phenolic OH excluding ortho intramolecular Hbond substituents is 1. The molecule has 4 rings (SSSR count). The molecule has 1 aromatic carbocycles. The number of hydrogen-bond acceptors (Lipinski definition) is 8. The Bertz CT molecular complexity index is 953. The van der Waals surface area contributed by atoms with Crippen LogP contribution in [0.5, 0.6) is 5.75 Å². The molecule has 1 aliphatic rings. The topological polar surface area (TPSA) is 105 Å². The van der Waals surface area contributed by atoms with Crippen LogP contribution in [0.2, 0.25) is 0 Å². The second kappa shape index (κ2) is 7.51. The second-order valence-electron chi connectivity index (χ2n) is 7.37. The van der Waals surface area contributed by atoms with Gasteiger partial charge in [0, 0.05) is 37.3 Å². The van der Waals surface area contributed by atoms with Crippen LogP contribution in [0.25, 0.3) is 16.9 Å². The molecule has 3 aromatic rings. The summed E-state index contributed by atoms with van der Waals surface area (Å²) in [6.45, 7) is 8.88. The van der Waals surface area contributed by atoms with Gasteiger partial charge >= 0.3 is 0 Å². The molecular formula is C19H24N8O. The SMILES string of the molecule is Cc1cnn(-c2ccc(-c3cnc(N4CCN[C@@H](C(C)C)C4)nn3)c(O)c2)n1. The third-order valence-corrected chi connectivity index (χ3v) is 4.94. The van der Waals surface area contributed by atoms with Crippen LogP contribution < -0.4 is 10.2 Å². The van der Waals surface area contributed by atoms with E-state index < -0.39 is 0 Å². The standard InChI is InChI=1S/C19H24N8O/c1-12(2)17-11-26(7-6-20-17)19-21-10-16(23-24-19)15-5-4-14(8-18(15)28)27-22-9-13(3)25-27/h4-5,8-10,12,17,20,28H,6-7,11H2,1-3H3/t17-/m1/s1. The maximum atomic E-state index is 10.4. The van der Waals surface area contributed by atoms with E-state index in [0.717, 1.165) is 25.3 Å². The lowest BCUT2D eigenvalue weighted by atomic mass is 10.0. The van der Waals surface area contributed by atoms with Gasteiger partial charge in [-0.2, -0.15) is 15.0 Å². The average molecular weight is 380 g/mol. The first kappa shape index (κ1) is 18.3. The molecule has 3 heterocycles. The van der Waals surface area contributed by atoms with E-state index >= 15 is 0 Å². The third-order valence-electron chi connectivity index (χ3n) is 4.94. The summed E-state index contributed by atoms with van der Waals surface area (Å²) in [5.41, 5.74) is 2.57. The van der Waals surface area contributed by atoms with E-state index in [4.69, 9.17) is 0 Å². The van der Waals surface area contributed by atoms with Crippen molar-refractivity contribution in [1.82, 2.24) is 35.5 Å². The zero-order valence-corrected chi connectivity index (χ0v) is 16.2. The van der Waals surface area contributed by atoms with E-state index in [9.17, 15) is 5.11 Å². The number of aryl methyl sites for hydroxylation is 1. The summed E-state index contributed by atoms with van der Waals surface area (Å²) < 4.78 is 0. The van der Waals surface area contributed by atoms with Gasteiger partial charge in [0.1, 0.15) is 11.4 Å². The van der Waals surface area contributed by atoms with Gasteiger partial charge in [-0.15, -0.1) is 10.2 Å². The third kappa shape index (κ3) is 3.65. The van der Waals surface area contributed by atoms with Crippen molar-refractivity contribution in [1.29, 1.82) is 0 Å². The van der Waals surface area contributed by atoms with Crippen molar-refractivity contribution < 1.29 is 5.11 Å². The summed E-state index contributed by atoms with van der Waals surface area (Å²) in [5, 5.41) is 31.0. The highest BCUT2D eigenvalue weighted by molar-refractivity contribution is 5.67. The highest BCUT2D eigenvalue weighted by atomic mass is 16.3. The first-order valence-electron chi connectivity index (χ1n) is 9.42. The summed E-state index contributed by atoms with van der Waals surface area (Å²) >= 11 is 0. The number of nitrogens with zero attached hydrogens (tertiary/aromatic N) is 7. The molecule has 1 aliphatic heterocycles. The molecule has 0 amide bonds. The predicted octanol–water partition coefficient (Wildman–Crippen LogP) is 1.57. The Hall–Kier alpha value is -3.07. The number of aromatic hydroxyl groups is 1. The van der Waals surface area contributed by atoms with Gasteiger partial charge in [-0.1, -0.05) is 13.8 Å². The minimum Gasteiger partial charge on any atom is -0.507 e. The van der Waals surface area contributed by atoms with Gasteiger partial charge in [-0.3, -0.25) is 0 Å². The summed E-state index contributed by atoms with van der Waals surface area (Å²) in [6, 6.07) is 5.61. The van der Waals surface area contributed by atoms with Gasteiger partial charge in [-0.25, -0.2) is 4.98 Å². The number of nitrogens with one attached hydrogen (secondary N) is 1. The monoisotopic (exact) mass is 380 g/mol. The van der Waals surface area contributed by atoms with Gasteiger partial charge in [0.05, 0.1) is 23.8 Å². The molecule has 0 spiro atoms. The lowest BCUT2D eigenvalue weighted by Crippen LogP contribution is -2.53. The molecule has 9 heteroatoms. The Labute approximate surface area is 163 Å². The zero-order chi connectivity index (χ0) is 19.7. The first-order valence-corrected chi connectivity index (χ1v) is 9.42. The number of benzene rings is 1. The quantitative estimate of drug-likeness (QED) is 0.703. The molecule has 0 bridgehead atoms. The molecule has 0 aliphatic carbocycles. The fraction of sp³-hybridized carbons (Fsp3) is 0.421. The van der Waals surface area contributed by atoms with Crippen LogP contribution >= 0.6 is 0 Å². The van der Waals surface area contributed by atoms with E-state index in [0.29, 0.717) is 34.9 Å². The lowest BCUT2D eigenvalue weighted by molar-refractivity contribution is 0.365. The Morgan fingerprint density at radius 1 is 1.21 bits per heavy atom. The van der Waals surface area contributed by atoms with E-state index in [2.05, 4.69) is 49.4 Å². The number of phenols is 1. The summed E-state index contributed by atoms with van der Waals surface area (Å²) in [7, 11) is 0. The number of piperazine rings is 1. The Balaban J connectivity index is 1.54. The van der Waals surface area contributed by atoms with E-state index in [1.54, 1.807) is 24.5 Å². The molecule has 146 valence electrons. The summed E-state index contributed by atoms with van der Waals surface area (Å²) in [6.07, 6.45) is 3.32. The molecule has 2 aromatic heterocycles. The molecule has 1 saturated heterocycles. The molecule has 0 unspecified atom stereocenters. The van der Waals surface area contributed by atoms with Crippen LogP contribution in [-0.2, 0) is 0 Å². The van der Waals surface area contributed by atoms with Crippen molar-refractivity contribution in [3.05, 3.63) is 36.3 Å². The highest BCUT2D eigenvalue weighted by Gasteiger charge is 2.23. The van der Waals surface area contributed by atoms with Crippen LogP contribution in [0.15, 0.2) is 30.6 Å². The van der Waals surface area contributed by atoms with Crippen LogP contribution in [0.1, 0.15) is 19.5 Å². The van der Waals surface area contributed by atoms with Crippen molar-refractivity contribution >= 4 is 5.95 Å². The number of anilines is 1. The number of rotatable bonds is 4. The van der Waals surface area contributed by atoms with E-state index in [1.165, 1.54) is 4.80 Å². The maximum absolute atomic E-state index is 10.4. The molecule has 0 saturated carbocycles. The molecule has 9 nitrogen and oxygen atoms in total. The molecule has 2 N–H and O–H groups in total. The highest BCUT2D eigenvalue weighted by Crippen LogP contribution is 2.29. The van der Waals surface area contributed by atoms with Crippen molar-refractivity contribution in [3.8, 4) is 22.7 Å². The summed E-state index contributed by atoms with van der Waals surface area (Å²) in [4.78, 5) is 8.10. The largest absolute Gasteiger partial charge is 0.507 e. The van der Waals surface area contributed by atoms with Crippen LogP contribution in [-0.4, -0.2) is 61.0 Å². The van der Waals surface area contributed by atoms with Gasteiger partial charge in [0.2, 0.25) is 5.95 Å².